The molecule has 5 heteroatoms. The van der Waals surface area contributed by atoms with Gasteiger partial charge in [0.2, 0.25) is 5.91 Å². The molecule has 0 atom stereocenters. The van der Waals surface area contributed by atoms with Gasteiger partial charge in [0.25, 0.3) is 0 Å². The van der Waals surface area contributed by atoms with E-state index in [4.69, 9.17) is 0 Å². The summed E-state index contributed by atoms with van der Waals surface area (Å²) in [5, 5.41) is 6.23. The lowest BCUT2D eigenvalue weighted by Crippen LogP contribution is -2.22. The Bertz CT molecular complexity index is 921. The summed E-state index contributed by atoms with van der Waals surface area (Å²) in [4.78, 5) is 21.6. The van der Waals surface area contributed by atoms with Gasteiger partial charge in [0.15, 0.2) is 5.82 Å². The van der Waals surface area contributed by atoms with Crippen molar-refractivity contribution < 1.29 is 4.79 Å². The van der Waals surface area contributed by atoms with Crippen LogP contribution in [0.5, 0.6) is 0 Å². The maximum Gasteiger partial charge on any atom is 0.231 e. The zero-order valence-corrected chi connectivity index (χ0v) is 14.6. The van der Waals surface area contributed by atoms with E-state index < -0.39 is 0 Å². The summed E-state index contributed by atoms with van der Waals surface area (Å²) in [7, 11) is 0. The first kappa shape index (κ1) is 16.3. The van der Waals surface area contributed by atoms with Gasteiger partial charge in [-0.2, -0.15) is 0 Å². The van der Waals surface area contributed by atoms with Crippen LogP contribution in [0.25, 0.3) is 11.4 Å². The molecule has 1 heterocycles. The molecule has 26 heavy (non-hydrogen) atoms. The first-order valence-electron chi connectivity index (χ1n) is 8.70. The summed E-state index contributed by atoms with van der Waals surface area (Å²) in [6.45, 7) is 1.98. The average Bonchev–Trinajstić information content (AvgIpc) is 3.42. The maximum absolute atomic E-state index is 12.4. The van der Waals surface area contributed by atoms with Crippen LogP contribution in [0.3, 0.4) is 0 Å². The summed E-state index contributed by atoms with van der Waals surface area (Å²) >= 11 is 0. The van der Waals surface area contributed by atoms with Crippen LogP contribution in [-0.4, -0.2) is 15.9 Å². The van der Waals surface area contributed by atoms with Crippen LogP contribution in [0.4, 0.5) is 17.3 Å². The number of carbonyl (C=O) groups excluding carboxylic acids is 1. The Morgan fingerprint density at radius 3 is 2.19 bits per heavy atom. The summed E-state index contributed by atoms with van der Waals surface area (Å²) < 4.78 is 0. The molecule has 0 spiro atoms. The Balaban J connectivity index is 1.68. The predicted molar refractivity (Wildman–Crippen MR) is 103 cm³/mol. The van der Waals surface area contributed by atoms with E-state index >= 15 is 0 Å². The Labute approximate surface area is 152 Å². The topological polar surface area (TPSA) is 66.9 Å². The summed E-state index contributed by atoms with van der Waals surface area (Å²) in [5.74, 6) is 1.74. The highest BCUT2D eigenvalue weighted by Gasteiger charge is 2.45. The van der Waals surface area contributed by atoms with Crippen LogP contribution in [0.1, 0.15) is 19.8 Å². The fourth-order valence-electron chi connectivity index (χ4n) is 2.64. The highest BCUT2D eigenvalue weighted by atomic mass is 16.2. The number of carbonyl (C=O) groups is 1. The van der Waals surface area contributed by atoms with Crippen LogP contribution in [-0.2, 0) is 4.79 Å². The molecule has 1 aromatic heterocycles. The molecule has 1 fully saturated rings. The van der Waals surface area contributed by atoms with Gasteiger partial charge in [-0.3, -0.25) is 4.79 Å². The molecule has 1 amide bonds. The molecule has 4 rings (SSSR count). The van der Waals surface area contributed by atoms with Gasteiger partial charge < -0.3 is 10.6 Å². The SMILES string of the molecule is CC1(C(=O)Nc2cc(Nc3ccccc3)nc(-c3ccccc3)n2)CC1. The van der Waals surface area contributed by atoms with Gasteiger partial charge >= 0.3 is 0 Å². The van der Waals surface area contributed by atoms with Crippen LogP contribution in [0, 0.1) is 5.41 Å². The highest BCUT2D eigenvalue weighted by molar-refractivity contribution is 5.96. The molecule has 1 aliphatic carbocycles. The van der Waals surface area contributed by atoms with E-state index in [-0.39, 0.29) is 11.3 Å². The largest absolute Gasteiger partial charge is 0.340 e. The van der Waals surface area contributed by atoms with Crippen LogP contribution in [0.2, 0.25) is 0 Å². The predicted octanol–water partition coefficient (Wildman–Crippen LogP) is 4.63. The number of amides is 1. The second-order valence-electron chi connectivity index (χ2n) is 6.83. The molecule has 1 aliphatic rings. The van der Waals surface area contributed by atoms with E-state index in [1.54, 1.807) is 6.07 Å². The molecule has 3 aromatic rings. The minimum absolute atomic E-state index is 0.0147. The smallest absolute Gasteiger partial charge is 0.231 e. The van der Waals surface area contributed by atoms with Crippen molar-refractivity contribution in [2.45, 2.75) is 19.8 Å². The van der Waals surface area contributed by atoms with Gasteiger partial charge in [-0.25, -0.2) is 9.97 Å². The minimum atomic E-state index is -0.259. The lowest BCUT2D eigenvalue weighted by Gasteiger charge is -2.13. The van der Waals surface area contributed by atoms with E-state index in [9.17, 15) is 4.79 Å². The Kier molecular flexibility index (Phi) is 4.13. The van der Waals surface area contributed by atoms with E-state index in [1.165, 1.54) is 0 Å². The number of nitrogens with one attached hydrogen (secondary N) is 2. The van der Waals surface area contributed by atoms with Gasteiger partial charge in [0, 0.05) is 22.7 Å². The van der Waals surface area contributed by atoms with Crippen LogP contribution < -0.4 is 10.6 Å². The molecule has 0 saturated heterocycles. The van der Waals surface area contributed by atoms with Gasteiger partial charge in [0.1, 0.15) is 11.6 Å². The van der Waals surface area contributed by atoms with Crippen molar-refractivity contribution in [1.82, 2.24) is 9.97 Å². The molecule has 2 N–H and O–H groups in total. The van der Waals surface area contributed by atoms with E-state index in [0.717, 1.165) is 24.1 Å². The number of hydrogen-bond acceptors (Lipinski definition) is 4. The maximum atomic E-state index is 12.4. The highest BCUT2D eigenvalue weighted by Crippen LogP contribution is 2.45. The Morgan fingerprint density at radius 2 is 1.54 bits per heavy atom. The first-order valence-corrected chi connectivity index (χ1v) is 8.70. The van der Waals surface area contributed by atoms with Gasteiger partial charge in [-0.1, -0.05) is 55.5 Å². The molecule has 0 aliphatic heterocycles. The third-order valence-corrected chi connectivity index (χ3v) is 4.59. The zero-order valence-electron chi connectivity index (χ0n) is 14.6. The summed E-state index contributed by atoms with van der Waals surface area (Å²) in [6, 6.07) is 21.3. The van der Waals surface area contributed by atoms with Crippen molar-refractivity contribution in [3.8, 4) is 11.4 Å². The lowest BCUT2D eigenvalue weighted by atomic mass is 10.1. The zero-order chi connectivity index (χ0) is 18.0. The monoisotopic (exact) mass is 344 g/mol. The number of benzene rings is 2. The number of anilines is 3. The molecule has 0 unspecified atom stereocenters. The van der Waals surface area contributed by atoms with Crippen molar-refractivity contribution in [3.05, 3.63) is 66.7 Å². The molecule has 0 radical (unpaired) electrons. The van der Waals surface area contributed by atoms with E-state index in [0.29, 0.717) is 17.5 Å². The van der Waals surface area contributed by atoms with E-state index in [2.05, 4.69) is 20.6 Å². The van der Waals surface area contributed by atoms with Crippen LogP contribution >= 0.6 is 0 Å². The molecule has 5 nitrogen and oxygen atoms in total. The molecule has 0 bridgehead atoms. The molecule has 1 saturated carbocycles. The van der Waals surface area contributed by atoms with Gasteiger partial charge in [0.05, 0.1) is 0 Å². The molecular formula is C21H20N4O. The average molecular weight is 344 g/mol. The fourth-order valence-corrected chi connectivity index (χ4v) is 2.64. The van der Waals surface area contributed by atoms with Crippen molar-refractivity contribution in [2.75, 3.05) is 10.6 Å². The normalized spacial score (nSPS) is 14.5. The third-order valence-electron chi connectivity index (χ3n) is 4.59. The van der Waals surface area contributed by atoms with E-state index in [1.807, 2.05) is 67.6 Å². The fraction of sp³-hybridized carbons (Fsp3) is 0.190. The lowest BCUT2D eigenvalue weighted by molar-refractivity contribution is -0.120. The number of rotatable bonds is 5. The number of hydrogen-bond donors (Lipinski definition) is 2. The van der Waals surface area contributed by atoms with Gasteiger partial charge in [-0.05, 0) is 25.0 Å². The number of aromatic nitrogens is 2. The minimum Gasteiger partial charge on any atom is -0.340 e. The second kappa shape index (κ2) is 6.59. The van der Waals surface area contributed by atoms with Crippen molar-refractivity contribution in [1.29, 1.82) is 0 Å². The molecular weight excluding hydrogens is 324 g/mol. The number of para-hydroxylation sites is 1. The van der Waals surface area contributed by atoms with Crippen molar-refractivity contribution >= 4 is 23.2 Å². The number of nitrogens with zero attached hydrogens (tertiary/aromatic N) is 2. The standard InChI is InChI=1S/C21H20N4O/c1-21(12-13-21)20(26)25-18-14-17(22-16-10-6-3-7-11-16)23-19(24-18)15-8-4-2-5-9-15/h2-11,14H,12-13H2,1H3,(H2,22,23,24,25,26). The Hall–Kier alpha value is -3.21. The quantitative estimate of drug-likeness (QED) is 0.708. The Morgan fingerprint density at radius 1 is 0.923 bits per heavy atom. The molecule has 130 valence electrons. The summed E-state index contributed by atoms with van der Waals surface area (Å²) in [5.41, 5.74) is 1.57. The summed E-state index contributed by atoms with van der Waals surface area (Å²) in [6.07, 6.45) is 1.84. The van der Waals surface area contributed by atoms with Crippen molar-refractivity contribution in [3.63, 3.8) is 0 Å². The first-order chi connectivity index (χ1) is 12.6. The third kappa shape index (κ3) is 3.57. The van der Waals surface area contributed by atoms with Crippen LogP contribution in [0.15, 0.2) is 66.7 Å². The van der Waals surface area contributed by atoms with Gasteiger partial charge in [-0.15, -0.1) is 0 Å². The second-order valence-corrected chi connectivity index (χ2v) is 6.83. The van der Waals surface area contributed by atoms with Crippen molar-refractivity contribution in [2.24, 2.45) is 5.41 Å². The molecule has 2 aromatic carbocycles.